The fourth-order valence-electron chi connectivity index (χ4n) is 4.47. The summed E-state index contributed by atoms with van der Waals surface area (Å²) in [6, 6.07) is 11.8. The number of carbonyl (C=O) groups excluding carboxylic acids is 1. The molecule has 0 atom stereocenters. The first-order valence-corrected chi connectivity index (χ1v) is 12.3. The molecule has 5 nitrogen and oxygen atoms in total. The summed E-state index contributed by atoms with van der Waals surface area (Å²) in [7, 11) is 5.58. The number of carbonyl (C=O) groups is 1. The van der Waals surface area contributed by atoms with E-state index >= 15 is 0 Å². The highest BCUT2D eigenvalue weighted by Gasteiger charge is 2.30. The lowest BCUT2D eigenvalue weighted by Gasteiger charge is -2.35. The normalized spacial score (nSPS) is 14.6. The first kappa shape index (κ1) is 23.6. The van der Waals surface area contributed by atoms with Crippen molar-refractivity contribution in [2.75, 3.05) is 45.8 Å². The highest BCUT2D eigenvalue weighted by atomic mass is 32.1. The molecule has 1 fully saturated rings. The van der Waals surface area contributed by atoms with Crippen molar-refractivity contribution in [1.29, 1.82) is 0 Å². The molecule has 0 aliphatic carbocycles. The Morgan fingerprint density at radius 2 is 1.82 bits per heavy atom. The molecule has 0 spiro atoms. The van der Waals surface area contributed by atoms with Crippen LogP contribution in [0.4, 0.5) is 5.00 Å². The van der Waals surface area contributed by atoms with Gasteiger partial charge in [-0.25, -0.2) is 0 Å². The van der Waals surface area contributed by atoms with Gasteiger partial charge in [-0.15, -0.1) is 11.3 Å². The number of hydrogen-bond acceptors (Lipinski definition) is 6. The van der Waals surface area contributed by atoms with Crippen molar-refractivity contribution in [3.8, 4) is 11.5 Å². The number of anilines is 1. The van der Waals surface area contributed by atoms with Crippen LogP contribution in [0.2, 0.25) is 0 Å². The van der Waals surface area contributed by atoms with Crippen LogP contribution in [0.25, 0.3) is 10.1 Å². The van der Waals surface area contributed by atoms with E-state index in [1.165, 1.54) is 18.4 Å². The zero-order valence-corrected chi connectivity index (χ0v) is 21.3. The standard InChI is InChI=1S/C27H34N2O3S/c1-18-9-11-20-23(15-18)33-26(28(4)5)24(20)25(30)19-10-12-21(22(16-19)31-6)32-17-27(2,3)29-13-7-8-14-29/h9-12,15-16H,7-8,13-14,17H2,1-6H3. The molecule has 0 N–H and O–H groups in total. The zero-order chi connectivity index (χ0) is 23.8. The maximum Gasteiger partial charge on any atom is 0.196 e. The van der Waals surface area contributed by atoms with Crippen molar-refractivity contribution in [3.05, 3.63) is 53.1 Å². The van der Waals surface area contributed by atoms with Gasteiger partial charge in [0.2, 0.25) is 0 Å². The average Bonchev–Trinajstić information content (AvgIpc) is 3.45. The number of fused-ring (bicyclic) bond motifs is 1. The molecular formula is C27H34N2O3S. The van der Waals surface area contributed by atoms with Crippen LogP contribution in [-0.4, -0.2) is 57.1 Å². The molecule has 2 aromatic carbocycles. The molecule has 0 saturated carbocycles. The van der Waals surface area contributed by atoms with Crippen molar-refractivity contribution in [2.24, 2.45) is 0 Å². The lowest BCUT2D eigenvalue weighted by molar-refractivity contribution is 0.0878. The maximum atomic E-state index is 13.7. The highest BCUT2D eigenvalue weighted by Crippen LogP contribution is 2.40. The molecule has 1 aromatic heterocycles. The van der Waals surface area contributed by atoms with Gasteiger partial charge >= 0.3 is 0 Å². The molecule has 1 aliphatic rings. The number of ether oxygens (including phenoxy) is 2. The summed E-state index contributed by atoms with van der Waals surface area (Å²) in [5, 5.41) is 1.96. The maximum absolute atomic E-state index is 13.7. The number of ketones is 1. The van der Waals surface area contributed by atoms with Gasteiger partial charge in [-0.3, -0.25) is 9.69 Å². The van der Waals surface area contributed by atoms with E-state index in [1.54, 1.807) is 24.5 Å². The van der Waals surface area contributed by atoms with Gasteiger partial charge in [-0.1, -0.05) is 12.1 Å². The minimum Gasteiger partial charge on any atom is -0.493 e. The SMILES string of the molecule is COc1cc(C(=O)c2c(N(C)C)sc3cc(C)ccc23)ccc1OCC(C)(C)N1CCCC1. The van der Waals surface area contributed by atoms with Crippen LogP contribution >= 0.6 is 11.3 Å². The molecule has 3 aromatic rings. The monoisotopic (exact) mass is 466 g/mol. The molecule has 0 bridgehead atoms. The Bertz CT molecular complexity index is 1160. The summed E-state index contributed by atoms with van der Waals surface area (Å²) in [5.74, 6) is 1.25. The van der Waals surface area contributed by atoms with E-state index in [0.717, 1.165) is 33.7 Å². The van der Waals surface area contributed by atoms with Crippen molar-refractivity contribution >= 4 is 32.2 Å². The van der Waals surface area contributed by atoms with Crippen LogP contribution < -0.4 is 14.4 Å². The van der Waals surface area contributed by atoms with Gasteiger partial charge < -0.3 is 14.4 Å². The second kappa shape index (κ2) is 9.35. The predicted molar refractivity (Wildman–Crippen MR) is 138 cm³/mol. The van der Waals surface area contributed by atoms with Gasteiger partial charge in [0.25, 0.3) is 0 Å². The Morgan fingerprint density at radius 3 is 2.48 bits per heavy atom. The van der Waals surface area contributed by atoms with E-state index in [4.69, 9.17) is 9.47 Å². The average molecular weight is 467 g/mol. The second-order valence-corrected chi connectivity index (χ2v) is 10.7. The van der Waals surface area contributed by atoms with Crippen LogP contribution in [0.5, 0.6) is 11.5 Å². The molecule has 4 rings (SSSR count). The lowest BCUT2D eigenvalue weighted by Crippen LogP contribution is -2.46. The van der Waals surface area contributed by atoms with E-state index in [2.05, 4.69) is 43.9 Å². The van der Waals surface area contributed by atoms with Gasteiger partial charge in [0, 0.05) is 35.3 Å². The van der Waals surface area contributed by atoms with Crippen LogP contribution in [0.15, 0.2) is 36.4 Å². The summed E-state index contributed by atoms with van der Waals surface area (Å²) in [5.41, 5.74) is 2.48. The van der Waals surface area contributed by atoms with E-state index < -0.39 is 0 Å². The number of hydrogen-bond donors (Lipinski definition) is 0. The highest BCUT2D eigenvalue weighted by molar-refractivity contribution is 7.23. The molecule has 0 amide bonds. The largest absolute Gasteiger partial charge is 0.493 e. The Balaban J connectivity index is 1.63. The molecule has 6 heteroatoms. The molecule has 0 radical (unpaired) electrons. The van der Waals surface area contributed by atoms with Crippen LogP contribution in [0.1, 0.15) is 48.2 Å². The molecular weight excluding hydrogens is 432 g/mol. The molecule has 1 saturated heterocycles. The van der Waals surface area contributed by atoms with Gasteiger partial charge in [0.15, 0.2) is 17.3 Å². The van der Waals surface area contributed by atoms with Gasteiger partial charge in [-0.05, 0) is 76.5 Å². The van der Waals surface area contributed by atoms with E-state index in [-0.39, 0.29) is 11.3 Å². The van der Waals surface area contributed by atoms with Crippen LogP contribution in [-0.2, 0) is 0 Å². The summed E-state index contributed by atoms with van der Waals surface area (Å²) < 4.78 is 12.9. The number of likely N-dealkylation sites (tertiary alicyclic amines) is 1. The van der Waals surface area contributed by atoms with E-state index in [1.807, 2.05) is 31.1 Å². The third kappa shape index (κ3) is 4.73. The van der Waals surface area contributed by atoms with Crippen molar-refractivity contribution in [1.82, 2.24) is 4.90 Å². The van der Waals surface area contributed by atoms with E-state index in [9.17, 15) is 4.79 Å². The number of aryl methyl sites for hydroxylation is 1. The topological polar surface area (TPSA) is 42.0 Å². The molecule has 33 heavy (non-hydrogen) atoms. The number of benzene rings is 2. The smallest absolute Gasteiger partial charge is 0.196 e. The van der Waals surface area contributed by atoms with Crippen molar-refractivity contribution in [2.45, 2.75) is 39.2 Å². The molecule has 176 valence electrons. The molecule has 1 aliphatic heterocycles. The molecule has 2 heterocycles. The quantitative estimate of drug-likeness (QED) is 0.394. The molecule has 0 unspecified atom stereocenters. The first-order valence-electron chi connectivity index (χ1n) is 11.5. The third-order valence-corrected chi connectivity index (χ3v) is 7.75. The van der Waals surface area contributed by atoms with Gasteiger partial charge in [-0.2, -0.15) is 0 Å². The third-order valence-electron chi connectivity index (χ3n) is 6.43. The van der Waals surface area contributed by atoms with Crippen LogP contribution in [0, 0.1) is 6.92 Å². The Labute approximate surface area is 200 Å². The van der Waals surface area contributed by atoms with Crippen LogP contribution in [0.3, 0.4) is 0 Å². The number of nitrogens with zero attached hydrogens (tertiary/aromatic N) is 2. The predicted octanol–water partition coefficient (Wildman–Crippen LogP) is 5.77. The fraction of sp³-hybridized carbons (Fsp3) is 0.444. The van der Waals surface area contributed by atoms with Crippen molar-refractivity contribution < 1.29 is 14.3 Å². The summed E-state index contributed by atoms with van der Waals surface area (Å²) in [4.78, 5) is 18.2. The fourth-order valence-corrected chi connectivity index (χ4v) is 5.69. The first-order chi connectivity index (χ1) is 15.7. The van der Waals surface area contributed by atoms with Gasteiger partial charge in [0.1, 0.15) is 11.6 Å². The zero-order valence-electron chi connectivity index (χ0n) is 20.5. The summed E-state index contributed by atoms with van der Waals surface area (Å²) in [6.45, 7) is 9.30. The number of thiophene rings is 1. The Hall–Kier alpha value is -2.57. The lowest BCUT2D eigenvalue weighted by atomic mass is 10.0. The van der Waals surface area contributed by atoms with E-state index in [0.29, 0.717) is 23.7 Å². The number of rotatable bonds is 8. The van der Waals surface area contributed by atoms with Gasteiger partial charge in [0.05, 0.1) is 12.7 Å². The minimum absolute atomic E-state index is 0.00366. The van der Waals surface area contributed by atoms with Crippen molar-refractivity contribution in [3.63, 3.8) is 0 Å². The second-order valence-electron chi connectivity index (χ2n) is 9.67. The summed E-state index contributed by atoms with van der Waals surface area (Å²) >= 11 is 1.65. The Morgan fingerprint density at radius 1 is 1.09 bits per heavy atom. The number of methoxy groups -OCH3 is 1. The minimum atomic E-state index is -0.0513. The summed E-state index contributed by atoms with van der Waals surface area (Å²) in [6.07, 6.45) is 2.49. The Kier molecular flexibility index (Phi) is 6.68.